The lowest BCUT2D eigenvalue weighted by Gasteiger charge is -2.17. The van der Waals surface area contributed by atoms with Crippen molar-refractivity contribution in [2.75, 3.05) is 13.1 Å². The van der Waals surface area contributed by atoms with Crippen LogP contribution in [-0.2, 0) is 6.54 Å². The summed E-state index contributed by atoms with van der Waals surface area (Å²) >= 11 is 0. The molecule has 15 heavy (non-hydrogen) atoms. The fourth-order valence-corrected chi connectivity index (χ4v) is 1.40. The molecule has 0 saturated heterocycles. The highest BCUT2D eigenvalue weighted by molar-refractivity contribution is 5.15. The predicted molar refractivity (Wildman–Crippen MR) is 65.4 cm³/mol. The normalized spacial score (nSPS) is 9.47. The summed E-state index contributed by atoms with van der Waals surface area (Å²) < 4.78 is 0. The van der Waals surface area contributed by atoms with Gasteiger partial charge in [-0.1, -0.05) is 42.3 Å². The van der Waals surface area contributed by atoms with E-state index in [1.165, 1.54) is 5.56 Å². The molecule has 0 bridgehead atoms. The van der Waals surface area contributed by atoms with Crippen LogP contribution >= 0.6 is 0 Å². The van der Waals surface area contributed by atoms with Gasteiger partial charge in [-0.2, -0.15) is 0 Å². The Hall–Kier alpha value is -1.52. The summed E-state index contributed by atoms with van der Waals surface area (Å²) in [5.41, 5.74) is 1.32. The molecular formula is C14H17N. The Labute approximate surface area is 92.4 Å². The topological polar surface area (TPSA) is 3.24 Å². The Bertz CT molecular complexity index is 343. The quantitative estimate of drug-likeness (QED) is 0.520. The summed E-state index contributed by atoms with van der Waals surface area (Å²) in [6, 6.07) is 10.4. The standard InChI is InChI=1S/C14H17N/c1-3-5-12-15(11-4-2)13-14-9-7-6-8-10-14/h4,6-10H,2,11-13H2,1H3. The Morgan fingerprint density at radius 3 is 2.67 bits per heavy atom. The van der Waals surface area contributed by atoms with Gasteiger partial charge in [-0.15, -0.1) is 12.5 Å². The Balaban J connectivity index is 2.56. The zero-order chi connectivity index (χ0) is 10.9. The molecule has 0 radical (unpaired) electrons. The molecule has 1 heteroatoms. The third kappa shape index (κ3) is 4.49. The Morgan fingerprint density at radius 2 is 2.07 bits per heavy atom. The summed E-state index contributed by atoms with van der Waals surface area (Å²) in [6.07, 6.45) is 1.92. The summed E-state index contributed by atoms with van der Waals surface area (Å²) in [4.78, 5) is 2.26. The molecular weight excluding hydrogens is 182 g/mol. The first-order valence-corrected chi connectivity index (χ1v) is 5.13. The maximum atomic E-state index is 3.76. The van der Waals surface area contributed by atoms with Crippen molar-refractivity contribution in [2.24, 2.45) is 0 Å². The van der Waals surface area contributed by atoms with Crippen LogP contribution in [0.25, 0.3) is 0 Å². The van der Waals surface area contributed by atoms with Gasteiger partial charge < -0.3 is 0 Å². The third-order valence-electron chi connectivity index (χ3n) is 2.12. The summed E-state index contributed by atoms with van der Waals surface area (Å²) in [7, 11) is 0. The van der Waals surface area contributed by atoms with Gasteiger partial charge in [0.1, 0.15) is 0 Å². The van der Waals surface area contributed by atoms with Crippen molar-refractivity contribution in [3.63, 3.8) is 0 Å². The van der Waals surface area contributed by atoms with Crippen LogP contribution in [0.1, 0.15) is 12.5 Å². The van der Waals surface area contributed by atoms with Crippen molar-refractivity contribution in [2.45, 2.75) is 13.5 Å². The highest BCUT2D eigenvalue weighted by atomic mass is 15.1. The lowest BCUT2D eigenvalue weighted by Crippen LogP contribution is -2.23. The molecule has 1 rings (SSSR count). The Kier molecular flexibility index (Phi) is 5.29. The zero-order valence-corrected chi connectivity index (χ0v) is 9.24. The smallest absolute Gasteiger partial charge is 0.0607 e. The van der Waals surface area contributed by atoms with Crippen LogP contribution in [0.2, 0.25) is 0 Å². The second-order valence-corrected chi connectivity index (χ2v) is 3.37. The van der Waals surface area contributed by atoms with Gasteiger partial charge in [0.05, 0.1) is 6.54 Å². The molecule has 0 aromatic heterocycles. The van der Waals surface area contributed by atoms with Crippen LogP contribution in [0, 0.1) is 11.8 Å². The minimum atomic E-state index is 0.803. The molecule has 0 aliphatic carbocycles. The van der Waals surface area contributed by atoms with Crippen LogP contribution in [-0.4, -0.2) is 18.0 Å². The van der Waals surface area contributed by atoms with Crippen molar-refractivity contribution in [1.82, 2.24) is 4.90 Å². The van der Waals surface area contributed by atoms with Gasteiger partial charge in [0.2, 0.25) is 0 Å². The largest absolute Gasteiger partial charge is 0.284 e. The molecule has 0 saturated carbocycles. The molecule has 0 atom stereocenters. The van der Waals surface area contributed by atoms with Crippen LogP contribution in [0.5, 0.6) is 0 Å². The maximum Gasteiger partial charge on any atom is 0.0607 e. The minimum Gasteiger partial charge on any atom is -0.284 e. The van der Waals surface area contributed by atoms with E-state index in [4.69, 9.17) is 0 Å². The fourth-order valence-electron chi connectivity index (χ4n) is 1.40. The molecule has 0 N–H and O–H groups in total. The highest BCUT2D eigenvalue weighted by Gasteiger charge is 2.01. The van der Waals surface area contributed by atoms with Crippen LogP contribution in [0.3, 0.4) is 0 Å². The zero-order valence-electron chi connectivity index (χ0n) is 9.24. The molecule has 1 nitrogen and oxygen atoms in total. The molecule has 0 fully saturated rings. The minimum absolute atomic E-state index is 0.803. The van der Waals surface area contributed by atoms with E-state index in [1.54, 1.807) is 0 Å². The Morgan fingerprint density at radius 1 is 1.33 bits per heavy atom. The van der Waals surface area contributed by atoms with E-state index in [9.17, 15) is 0 Å². The molecule has 0 spiro atoms. The van der Waals surface area contributed by atoms with Crippen LogP contribution in [0.4, 0.5) is 0 Å². The second kappa shape index (κ2) is 6.86. The van der Waals surface area contributed by atoms with Gasteiger partial charge in [0.25, 0.3) is 0 Å². The second-order valence-electron chi connectivity index (χ2n) is 3.37. The number of benzene rings is 1. The van der Waals surface area contributed by atoms with E-state index >= 15 is 0 Å². The fraction of sp³-hybridized carbons (Fsp3) is 0.286. The van der Waals surface area contributed by atoms with Gasteiger partial charge in [0.15, 0.2) is 0 Å². The van der Waals surface area contributed by atoms with Gasteiger partial charge in [0, 0.05) is 13.1 Å². The summed E-state index contributed by atoms with van der Waals surface area (Å²) in [6.45, 7) is 8.24. The van der Waals surface area contributed by atoms with Crippen molar-refractivity contribution in [3.8, 4) is 11.8 Å². The molecule has 0 amide bonds. The molecule has 0 unspecified atom stereocenters. The van der Waals surface area contributed by atoms with Gasteiger partial charge >= 0.3 is 0 Å². The molecule has 0 aliphatic heterocycles. The highest BCUT2D eigenvalue weighted by Crippen LogP contribution is 2.03. The van der Waals surface area contributed by atoms with Crippen LogP contribution < -0.4 is 0 Å². The van der Waals surface area contributed by atoms with E-state index in [2.05, 4.69) is 47.6 Å². The lowest BCUT2D eigenvalue weighted by molar-refractivity contribution is 0.332. The molecule has 1 aromatic rings. The SMILES string of the molecule is C=CCN(CC#CC)Cc1ccccc1. The third-order valence-corrected chi connectivity index (χ3v) is 2.12. The van der Waals surface area contributed by atoms with Crippen molar-refractivity contribution >= 4 is 0 Å². The molecule has 0 aliphatic rings. The number of hydrogen-bond donors (Lipinski definition) is 0. The first-order chi connectivity index (χ1) is 7.36. The van der Waals surface area contributed by atoms with E-state index in [-0.39, 0.29) is 0 Å². The van der Waals surface area contributed by atoms with Gasteiger partial charge in [-0.05, 0) is 12.5 Å². The number of rotatable bonds is 5. The van der Waals surface area contributed by atoms with Gasteiger partial charge in [-0.25, -0.2) is 0 Å². The predicted octanol–water partition coefficient (Wildman–Crippen LogP) is 2.70. The van der Waals surface area contributed by atoms with Gasteiger partial charge in [-0.3, -0.25) is 4.90 Å². The average molecular weight is 199 g/mol. The molecule has 1 aromatic carbocycles. The van der Waals surface area contributed by atoms with Crippen molar-refractivity contribution < 1.29 is 0 Å². The van der Waals surface area contributed by atoms with E-state index in [0.29, 0.717) is 0 Å². The summed E-state index contributed by atoms with van der Waals surface area (Å²) in [5.74, 6) is 6.00. The first-order valence-electron chi connectivity index (χ1n) is 5.13. The number of hydrogen-bond acceptors (Lipinski definition) is 1. The lowest BCUT2D eigenvalue weighted by atomic mass is 10.2. The molecule has 0 heterocycles. The van der Waals surface area contributed by atoms with E-state index in [1.807, 2.05) is 19.1 Å². The monoisotopic (exact) mass is 199 g/mol. The van der Waals surface area contributed by atoms with E-state index in [0.717, 1.165) is 19.6 Å². The summed E-state index contributed by atoms with van der Waals surface area (Å²) in [5, 5.41) is 0. The van der Waals surface area contributed by atoms with Crippen LogP contribution in [0.15, 0.2) is 43.0 Å². The maximum absolute atomic E-state index is 3.76. The average Bonchev–Trinajstić information content (AvgIpc) is 2.28. The molecule has 78 valence electrons. The number of nitrogens with zero attached hydrogens (tertiary/aromatic N) is 1. The van der Waals surface area contributed by atoms with Crippen molar-refractivity contribution in [3.05, 3.63) is 48.6 Å². The van der Waals surface area contributed by atoms with Crippen molar-refractivity contribution in [1.29, 1.82) is 0 Å². The van der Waals surface area contributed by atoms with E-state index < -0.39 is 0 Å². The first kappa shape index (κ1) is 11.6.